The minimum atomic E-state index is -3.49. The SMILES string of the molecule is CCCS(=O)(=O)c1ccccc1Nc1nc(N)nc(-c2ccc(N3CCC(N4CCCCC4)CC3)cc2OC)c1Cl. The van der Waals surface area contributed by atoms with Crippen molar-refractivity contribution in [2.75, 3.05) is 55.0 Å². The zero-order valence-electron chi connectivity index (χ0n) is 23.8. The summed E-state index contributed by atoms with van der Waals surface area (Å²) in [5.74, 6) is 0.888. The second-order valence-corrected chi connectivity index (χ2v) is 13.2. The van der Waals surface area contributed by atoms with Crippen molar-refractivity contribution in [3.05, 3.63) is 47.5 Å². The Balaban J connectivity index is 1.40. The molecule has 3 N–H and O–H groups in total. The van der Waals surface area contributed by atoms with E-state index in [-0.39, 0.29) is 27.4 Å². The fourth-order valence-electron chi connectivity index (χ4n) is 5.92. The van der Waals surface area contributed by atoms with Gasteiger partial charge < -0.3 is 25.6 Å². The molecule has 0 radical (unpaired) electrons. The van der Waals surface area contributed by atoms with Crippen LogP contribution in [0.3, 0.4) is 0 Å². The van der Waals surface area contributed by atoms with Crippen molar-refractivity contribution in [1.29, 1.82) is 0 Å². The number of nitrogen functional groups attached to an aromatic ring is 1. The number of aromatic nitrogens is 2. The van der Waals surface area contributed by atoms with Crippen molar-refractivity contribution in [2.45, 2.75) is 56.4 Å². The van der Waals surface area contributed by atoms with E-state index < -0.39 is 9.84 Å². The molecule has 220 valence electrons. The standard InChI is InChI=1S/C30H39ClN6O3S/c1-3-19-41(38,39)26-10-6-5-9-24(26)33-29-27(31)28(34-30(32)35-29)23-12-11-22(20-25(23)40-2)37-17-13-21(14-18-37)36-15-7-4-8-16-36/h5-6,9-12,20-21H,3-4,7-8,13-19H2,1-2H3,(H3,32,33,34,35). The van der Waals surface area contributed by atoms with Gasteiger partial charge in [0.05, 0.1) is 23.4 Å². The van der Waals surface area contributed by atoms with Crippen LogP contribution in [0.5, 0.6) is 5.75 Å². The molecule has 3 heterocycles. The molecule has 9 nitrogen and oxygen atoms in total. The van der Waals surface area contributed by atoms with Crippen molar-refractivity contribution in [3.63, 3.8) is 0 Å². The van der Waals surface area contributed by atoms with Crippen LogP contribution in [0.4, 0.5) is 23.1 Å². The predicted molar refractivity (Wildman–Crippen MR) is 166 cm³/mol. The van der Waals surface area contributed by atoms with Gasteiger partial charge in [0, 0.05) is 36.4 Å². The zero-order valence-corrected chi connectivity index (χ0v) is 25.3. The molecule has 0 atom stereocenters. The highest BCUT2D eigenvalue weighted by Gasteiger charge is 2.27. The Morgan fingerprint density at radius 2 is 1.78 bits per heavy atom. The van der Waals surface area contributed by atoms with Gasteiger partial charge in [0.15, 0.2) is 15.7 Å². The number of anilines is 4. The second kappa shape index (κ2) is 12.8. The molecule has 0 saturated carbocycles. The first-order chi connectivity index (χ1) is 19.8. The van der Waals surface area contributed by atoms with E-state index in [1.807, 2.05) is 19.1 Å². The number of nitrogens with two attached hydrogens (primary N) is 1. The van der Waals surface area contributed by atoms with Gasteiger partial charge in [-0.2, -0.15) is 4.98 Å². The number of nitrogens with one attached hydrogen (secondary N) is 1. The maximum atomic E-state index is 12.9. The van der Waals surface area contributed by atoms with Crippen molar-refractivity contribution in [1.82, 2.24) is 14.9 Å². The van der Waals surface area contributed by atoms with Gasteiger partial charge in [0.1, 0.15) is 16.5 Å². The molecule has 0 amide bonds. The van der Waals surface area contributed by atoms with Crippen LogP contribution >= 0.6 is 11.6 Å². The number of halogens is 1. The van der Waals surface area contributed by atoms with E-state index in [1.54, 1.807) is 31.4 Å². The second-order valence-electron chi connectivity index (χ2n) is 10.7. The number of para-hydroxylation sites is 1. The molecule has 0 spiro atoms. The van der Waals surface area contributed by atoms with Gasteiger partial charge in [-0.1, -0.05) is 37.1 Å². The van der Waals surface area contributed by atoms with Crippen LogP contribution in [-0.2, 0) is 9.84 Å². The van der Waals surface area contributed by atoms with E-state index in [1.165, 1.54) is 32.4 Å². The Kier molecular flexibility index (Phi) is 9.21. The van der Waals surface area contributed by atoms with Crippen LogP contribution in [0.15, 0.2) is 47.4 Å². The average Bonchev–Trinajstić information content (AvgIpc) is 2.99. The molecule has 0 unspecified atom stereocenters. The molecule has 2 aromatic carbocycles. The zero-order chi connectivity index (χ0) is 29.0. The van der Waals surface area contributed by atoms with Crippen molar-refractivity contribution < 1.29 is 13.2 Å². The summed E-state index contributed by atoms with van der Waals surface area (Å²) in [4.78, 5) is 14.0. The average molecular weight is 599 g/mol. The first-order valence-electron chi connectivity index (χ1n) is 14.4. The predicted octanol–water partition coefficient (Wildman–Crippen LogP) is 5.77. The van der Waals surface area contributed by atoms with Gasteiger partial charge >= 0.3 is 0 Å². The largest absolute Gasteiger partial charge is 0.496 e. The number of hydrogen-bond acceptors (Lipinski definition) is 9. The van der Waals surface area contributed by atoms with Crippen LogP contribution in [0.25, 0.3) is 11.3 Å². The van der Waals surface area contributed by atoms with Crippen molar-refractivity contribution >= 4 is 44.6 Å². The number of likely N-dealkylation sites (tertiary alicyclic amines) is 1. The number of benzene rings is 2. The van der Waals surface area contributed by atoms with Crippen LogP contribution in [0.1, 0.15) is 45.4 Å². The number of hydrogen-bond donors (Lipinski definition) is 2. The molecule has 11 heteroatoms. The van der Waals surface area contributed by atoms with Crippen LogP contribution in [0, 0.1) is 0 Å². The summed E-state index contributed by atoms with van der Waals surface area (Å²) in [5.41, 5.74) is 8.66. The molecule has 2 aliphatic rings. The molecule has 1 aromatic heterocycles. The number of rotatable bonds is 9. The van der Waals surface area contributed by atoms with Gasteiger partial charge in [0.2, 0.25) is 5.95 Å². The Morgan fingerprint density at radius 1 is 1.05 bits per heavy atom. The van der Waals surface area contributed by atoms with Gasteiger partial charge in [0.25, 0.3) is 0 Å². The maximum Gasteiger partial charge on any atom is 0.222 e. The smallest absolute Gasteiger partial charge is 0.222 e. The Morgan fingerprint density at radius 3 is 2.49 bits per heavy atom. The quantitative estimate of drug-likeness (QED) is 0.317. The number of ether oxygens (including phenoxy) is 1. The van der Waals surface area contributed by atoms with E-state index >= 15 is 0 Å². The molecular weight excluding hydrogens is 560 g/mol. The highest BCUT2D eigenvalue weighted by molar-refractivity contribution is 7.91. The lowest BCUT2D eigenvalue weighted by Gasteiger charge is -2.41. The molecular formula is C30H39ClN6O3S. The third-order valence-electron chi connectivity index (χ3n) is 7.99. The van der Waals surface area contributed by atoms with E-state index in [9.17, 15) is 8.42 Å². The monoisotopic (exact) mass is 598 g/mol. The van der Waals surface area contributed by atoms with Crippen molar-refractivity contribution in [3.8, 4) is 17.0 Å². The van der Waals surface area contributed by atoms with Crippen molar-refractivity contribution in [2.24, 2.45) is 0 Å². The summed E-state index contributed by atoms with van der Waals surface area (Å²) in [6, 6.07) is 13.4. The summed E-state index contributed by atoms with van der Waals surface area (Å²) in [6.45, 7) is 6.29. The lowest BCUT2D eigenvalue weighted by atomic mass is 9.99. The summed E-state index contributed by atoms with van der Waals surface area (Å²) in [6.07, 6.45) is 6.81. The molecule has 0 aliphatic carbocycles. The lowest BCUT2D eigenvalue weighted by Crippen LogP contribution is -2.46. The summed E-state index contributed by atoms with van der Waals surface area (Å²) in [5, 5.41) is 3.31. The molecule has 2 saturated heterocycles. The number of methoxy groups -OCH3 is 1. The number of nitrogens with zero attached hydrogens (tertiary/aromatic N) is 4. The minimum Gasteiger partial charge on any atom is -0.496 e. The summed E-state index contributed by atoms with van der Waals surface area (Å²) >= 11 is 6.84. The molecule has 5 rings (SSSR count). The van der Waals surface area contributed by atoms with E-state index in [4.69, 9.17) is 22.1 Å². The highest BCUT2D eigenvalue weighted by Crippen LogP contribution is 2.40. The van der Waals surface area contributed by atoms with E-state index in [2.05, 4.69) is 31.2 Å². The van der Waals surface area contributed by atoms with E-state index in [0.717, 1.165) is 31.6 Å². The van der Waals surface area contributed by atoms with Crippen LogP contribution < -0.4 is 20.7 Å². The minimum absolute atomic E-state index is 0.00621. The Bertz CT molecular complexity index is 1470. The third-order valence-corrected chi connectivity index (χ3v) is 10.3. The Hall–Kier alpha value is -3.08. The molecule has 41 heavy (non-hydrogen) atoms. The topological polar surface area (TPSA) is 114 Å². The molecule has 2 fully saturated rings. The first kappa shape index (κ1) is 29.4. The number of sulfone groups is 1. The fourth-order valence-corrected chi connectivity index (χ4v) is 7.65. The first-order valence-corrected chi connectivity index (χ1v) is 16.4. The molecule has 3 aromatic rings. The normalized spacial score (nSPS) is 17.0. The summed E-state index contributed by atoms with van der Waals surface area (Å²) < 4.78 is 31.5. The fraction of sp³-hybridized carbons (Fsp3) is 0.467. The van der Waals surface area contributed by atoms with Gasteiger partial charge in [-0.3, -0.25) is 0 Å². The molecule has 0 bridgehead atoms. The van der Waals surface area contributed by atoms with E-state index in [0.29, 0.717) is 35.2 Å². The Labute approximate surface area is 248 Å². The number of piperidine rings is 2. The third kappa shape index (κ3) is 6.55. The van der Waals surface area contributed by atoms with Gasteiger partial charge in [-0.15, -0.1) is 0 Å². The maximum absolute atomic E-state index is 12.9. The summed E-state index contributed by atoms with van der Waals surface area (Å²) in [7, 11) is -1.87. The lowest BCUT2D eigenvalue weighted by molar-refractivity contribution is 0.141. The highest BCUT2D eigenvalue weighted by atomic mass is 35.5. The molecule has 2 aliphatic heterocycles. The van der Waals surface area contributed by atoms with Crippen LogP contribution in [0.2, 0.25) is 5.02 Å². The van der Waals surface area contributed by atoms with Gasteiger partial charge in [-0.05, 0) is 69.5 Å². The van der Waals surface area contributed by atoms with Gasteiger partial charge in [-0.25, -0.2) is 13.4 Å². The van der Waals surface area contributed by atoms with Crippen LogP contribution in [-0.4, -0.2) is 68.4 Å².